The summed E-state index contributed by atoms with van der Waals surface area (Å²) >= 11 is 0. The molecule has 1 N–H and O–H groups in total. The first-order valence-corrected chi connectivity index (χ1v) is 6.25. The summed E-state index contributed by atoms with van der Waals surface area (Å²) in [6, 6.07) is 13.4. The molecule has 2 aromatic rings. The first kappa shape index (κ1) is 14.0. The zero-order valence-electron chi connectivity index (χ0n) is 11.3. The summed E-state index contributed by atoms with van der Waals surface area (Å²) in [6.07, 6.45) is -0.702. The van der Waals surface area contributed by atoms with Gasteiger partial charge in [0, 0.05) is 18.3 Å². The van der Waals surface area contributed by atoms with Crippen molar-refractivity contribution in [2.45, 2.75) is 13.0 Å². The molecule has 0 radical (unpaired) electrons. The van der Waals surface area contributed by atoms with E-state index in [1.54, 1.807) is 55.3 Å². The van der Waals surface area contributed by atoms with Gasteiger partial charge in [-0.15, -0.1) is 0 Å². The summed E-state index contributed by atoms with van der Waals surface area (Å²) in [4.78, 5) is 1.64. The predicted molar refractivity (Wildman–Crippen MR) is 76.3 cm³/mol. The van der Waals surface area contributed by atoms with Gasteiger partial charge in [0.15, 0.2) is 0 Å². The van der Waals surface area contributed by atoms with Gasteiger partial charge in [-0.25, -0.2) is 4.39 Å². The van der Waals surface area contributed by atoms with Gasteiger partial charge in [-0.2, -0.15) is 5.26 Å². The number of rotatable bonds is 3. The van der Waals surface area contributed by atoms with Crippen LogP contribution in [0, 0.1) is 17.1 Å². The number of anilines is 2. The standard InChI is InChI=1S/C16H15FN2O/c1-11(20)13-8-7-12(10-18)9-16(13)19(2)15-6-4-3-5-14(15)17/h3-9,11,20H,1-2H3/t11-/m1/s1. The summed E-state index contributed by atoms with van der Waals surface area (Å²) < 4.78 is 13.9. The van der Waals surface area contributed by atoms with Gasteiger partial charge < -0.3 is 10.0 Å². The molecule has 0 amide bonds. The molecule has 0 saturated heterocycles. The molecule has 0 aromatic heterocycles. The highest BCUT2D eigenvalue weighted by molar-refractivity contribution is 5.68. The highest BCUT2D eigenvalue weighted by Gasteiger charge is 2.16. The van der Waals surface area contributed by atoms with Crippen LogP contribution in [0.1, 0.15) is 24.2 Å². The second-order valence-corrected chi connectivity index (χ2v) is 4.57. The van der Waals surface area contributed by atoms with Gasteiger partial charge in [0.1, 0.15) is 5.82 Å². The Morgan fingerprint density at radius 2 is 1.90 bits per heavy atom. The molecular formula is C16H15FN2O. The summed E-state index contributed by atoms with van der Waals surface area (Å²) in [5, 5.41) is 18.8. The molecule has 3 nitrogen and oxygen atoms in total. The Hall–Kier alpha value is -2.38. The number of aliphatic hydroxyl groups excluding tert-OH is 1. The van der Waals surface area contributed by atoms with Gasteiger partial charge in [0.2, 0.25) is 0 Å². The monoisotopic (exact) mass is 270 g/mol. The molecule has 102 valence electrons. The van der Waals surface area contributed by atoms with Gasteiger partial charge >= 0.3 is 0 Å². The molecule has 0 saturated carbocycles. The van der Waals surface area contributed by atoms with E-state index in [4.69, 9.17) is 5.26 Å². The Morgan fingerprint density at radius 1 is 1.20 bits per heavy atom. The van der Waals surface area contributed by atoms with E-state index in [-0.39, 0.29) is 5.82 Å². The number of nitrogens with zero attached hydrogens (tertiary/aromatic N) is 2. The van der Waals surface area contributed by atoms with E-state index in [0.717, 1.165) is 0 Å². The van der Waals surface area contributed by atoms with E-state index in [1.165, 1.54) is 6.07 Å². The van der Waals surface area contributed by atoms with Crippen molar-refractivity contribution in [3.8, 4) is 6.07 Å². The minimum atomic E-state index is -0.702. The zero-order valence-corrected chi connectivity index (χ0v) is 11.3. The van der Waals surface area contributed by atoms with Crippen LogP contribution in [0.3, 0.4) is 0 Å². The van der Waals surface area contributed by atoms with Crippen LogP contribution in [0.15, 0.2) is 42.5 Å². The summed E-state index contributed by atoms with van der Waals surface area (Å²) in [7, 11) is 1.71. The molecule has 0 heterocycles. The Labute approximate surface area is 117 Å². The van der Waals surface area contributed by atoms with E-state index in [2.05, 4.69) is 6.07 Å². The molecule has 0 aliphatic heterocycles. The largest absolute Gasteiger partial charge is 0.389 e. The number of hydrogen-bond acceptors (Lipinski definition) is 3. The van der Waals surface area contributed by atoms with Crippen LogP contribution in [-0.4, -0.2) is 12.2 Å². The van der Waals surface area contributed by atoms with Crippen LogP contribution in [0.4, 0.5) is 15.8 Å². The Balaban J connectivity index is 2.56. The Kier molecular flexibility index (Phi) is 4.02. The number of aliphatic hydroxyl groups is 1. The molecule has 0 aliphatic carbocycles. The fourth-order valence-electron chi connectivity index (χ4n) is 2.11. The maximum atomic E-state index is 13.9. The van der Waals surface area contributed by atoms with E-state index in [1.807, 2.05) is 0 Å². The van der Waals surface area contributed by atoms with Gasteiger partial charge in [-0.3, -0.25) is 0 Å². The van der Waals surface area contributed by atoms with Crippen LogP contribution in [0.2, 0.25) is 0 Å². The molecule has 0 bridgehead atoms. The quantitative estimate of drug-likeness (QED) is 0.928. The van der Waals surface area contributed by atoms with Crippen molar-refractivity contribution in [2.24, 2.45) is 0 Å². The normalized spacial score (nSPS) is 11.8. The lowest BCUT2D eigenvalue weighted by atomic mass is 10.0. The molecule has 4 heteroatoms. The molecular weight excluding hydrogens is 255 g/mol. The Morgan fingerprint density at radius 3 is 2.50 bits per heavy atom. The fourth-order valence-corrected chi connectivity index (χ4v) is 2.11. The first-order valence-electron chi connectivity index (χ1n) is 6.25. The fraction of sp³-hybridized carbons (Fsp3) is 0.188. The number of benzene rings is 2. The Bertz CT molecular complexity index is 662. The molecule has 0 fully saturated rings. The van der Waals surface area contributed by atoms with Crippen LogP contribution in [0.25, 0.3) is 0 Å². The van der Waals surface area contributed by atoms with Crippen molar-refractivity contribution in [1.82, 2.24) is 0 Å². The zero-order chi connectivity index (χ0) is 14.7. The summed E-state index contributed by atoms with van der Waals surface area (Å²) in [5.41, 5.74) is 2.12. The SMILES string of the molecule is C[C@@H](O)c1ccc(C#N)cc1N(C)c1ccccc1F. The van der Waals surface area contributed by atoms with Crippen LogP contribution in [-0.2, 0) is 0 Å². The van der Waals surface area contributed by atoms with Gasteiger partial charge in [-0.05, 0) is 31.2 Å². The molecule has 20 heavy (non-hydrogen) atoms. The van der Waals surface area contributed by atoms with Crippen LogP contribution in [0.5, 0.6) is 0 Å². The summed E-state index contributed by atoms with van der Waals surface area (Å²) in [6.45, 7) is 1.64. The third kappa shape index (κ3) is 2.63. The van der Waals surface area contributed by atoms with Gasteiger partial charge in [0.05, 0.1) is 23.4 Å². The van der Waals surface area contributed by atoms with Crippen LogP contribution >= 0.6 is 0 Å². The second-order valence-electron chi connectivity index (χ2n) is 4.57. The minimum absolute atomic E-state index is 0.353. The first-order chi connectivity index (χ1) is 9.54. The maximum absolute atomic E-state index is 13.9. The average molecular weight is 270 g/mol. The lowest BCUT2D eigenvalue weighted by Gasteiger charge is -2.24. The number of hydrogen-bond donors (Lipinski definition) is 1. The van der Waals surface area contributed by atoms with E-state index >= 15 is 0 Å². The minimum Gasteiger partial charge on any atom is -0.389 e. The predicted octanol–water partition coefficient (Wildman–Crippen LogP) is 3.52. The molecule has 0 aliphatic rings. The second kappa shape index (κ2) is 5.72. The highest BCUT2D eigenvalue weighted by Crippen LogP contribution is 2.32. The number of halogens is 1. The van der Waals surface area contributed by atoms with Crippen molar-refractivity contribution in [3.05, 3.63) is 59.4 Å². The van der Waals surface area contributed by atoms with Gasteiger partial charge in [0.25, 0.3) is 0 Å². The molecule has 2 rings (SSSR count). The third-order valence-corrected chi connectivity index (χ3v) is 3.18. The van der Waals surface area contributed by atoms with Crippen molar-refractivity contribution >= 4 is 11.4 Å². The number of para-hydroxylation sites is 1. The van der Waals surface area contributed by atoms with E-state index < -0.39 is 6.10 Å². The van der Waals surface area contributed by atoms with Crippen molar-refractivity contribution < 1.29 is 9.50 Å². The van der Waals surface area contributed by atoms with Crippen molar-refractivity contribution in [1.29, 1.82) is 5.26 Å². The average Bonchev–Trinajstić information content (AvgIpc) is 2.46. The molecule has 0 spiro atoms. The molecule has 1 atom stereocenters. The van der Waals surface area contributed by atoms with E-state index in [0.29, 0.717) is 22.5 Å². The summed E-state index contributed by atoms with van der Waals surface area (Å²) in [5.74, 6) is -0.353. The lowest BCUT2D eigenvalue weighted by Crippen LogP contribution is -2.14. The third-order valence-electron chi connectivity index (χ3n) is 3.18. The lowest BCUT2D eigenvalue weighted by molar-refractivity contribution is 0.200. The number of nitriles is 1. The van der Waals surface area contributed by atoms with Gasteiger partial charge in [-0.1, -0.05) is 18.2 Å². The highest BCUT2D eigenvalue weighted by atomic mass is 19.1. The smallest absolute Gasteiger partial charge is 0.146 e. The maximum Gasteiger partial charge on any atom is 0.146 e. The molecule has 2 aromatic carbocycles. The topological polar surface area (TPSA) is 47.3 Å². The van der Waals surface area contributed by atoms with Crippen molar-refractivity contribution in [3.63, 3.8) is 0 Å². The van der Waals surface area contributed by atoms with E-state index in [9.17, 15) is 9.50 Å². The van der Waals surface area contributed by atoms with Crippen LogP contribution < -0.4 is 4.90 Å². The van der Waals surface area contributed by atoms with Crippen molar-refractivity contribution in [2.75, 3.05) is 11.9 Å². The molecule has 0 unspecified atom stereocenters.